The number of rotatable bonds is 5. The van der Waals surface area contributed by atoms with Gasteiger partial charge in [-0.3, -0.25) is 10.1 Å². The Hall–Kier alpha value is -1.72. The number of likely N-dealkylation sites (N-methyl/N-ethyl adjacent to an activating group) is 1. The van der Waals surface area contributed by atoms with Gasteiger partial charge >= 0.3 is 0 Å². The Morgan fingerprint density at radius 1 is 1.24 bits per heavy atom. The topological polar surface area (TPSA) is 55.2 Å². The van der Waals surface area contributed by atoms with E-state index >= 15 is 0 Å². The predicted octanol–water partition coefficient (Wildman–Crippen LogP) is 4.17. The smallest absolute Gasteiger partial charge is 0.272 e. The van der Waals surface area contributed by atoms with Crippen molar-refractivity contribution in [3.63, 3.8) is 0 Å². The molecule has 0 aromatic heterocycles. The van der Waals surface area contributed by atoms with Gasteiger partial charge in [0.05, 0.1) is 4.92 Å². The second kappa shape index (κ2) is 6.83. The number of nitrogens with one attached hydrogen (secondary N) is 1. The number of para-hydroxylation sites is 1. The predicted molar refractivity (Wildman–Crippen MR) is 87.5 cm³/mol. The van der Waals surface area contributed by atoms with Crippen LogP contribution in [0.2, 0.25) is 0 Å². The van der Waals surface area contributed by atoms with E-state index in [0.717, 1.165) is 21.2 Å². The molecule has 4 nitrogen and oxygen atoms in total. The number of nitrogens with zero attached hydrogens (tertiary/aromatic N) is 1. The van der Waals surface area contributed by atoms with Crippen LogP contribution in [0.1, 0.15) is 22.7 Å². The minimum Gasteiger partial charge on any atom is -0.313 e. The lowest BCUT2D eigenvalue weighted by molar-refractivity contribution is -0.385. The lowest BCUT2D eigenvalue weighted by Gasteiger charge is -2.19. The molecule has 0 saturated carbocycles. The minimum atomic E-state index is -0.326. The first-order chi connectivity index (χ1) is 10.0. The molecule has 0 amide bonds. The monoisotopic (exact) mass is 348 g/mol. The van der Waals surface area contributed by atoms with Crippen LogP contribution in [0.25, 0.3) is 0 Å². The first-order valence-corrected chi connectivity index (χ1v) is 7.48. The molecular weight excluding hydrogens is 332 g/mol. The summed E-state index contributed by atoms with van der Waals surface area (Å²) in [5.74, 6) is 0. The zero-order valence-electron chi connectivity index (χ0n) is 12.0. The summed E-state index contributed by atoms with van der Waals surface area (Å²) < 4.78 is 1.04. The Bertz CT molecular complexity index is 658. The van der Waals surface area contributed by atoms with E-state index in [1.807, 2.05) is 44.3 Å². The summed E-state index contributed by atoms with van der Waals surface area (Å²) in [7, 11) is 1.87. The van der Waals surface area contributed by atoms with E-state index < -0.39 is 0 Å². The molecule has 0 aliphatic carbocycles. The zero-order chi connectivity index (χ0) is 15.4. The van der Waals surface area contributed by atoms with Crippen molar-refractivity contribution in [2.45, 2.75) is 19.4 Å². The highest BCUT2D eigenvalue weighted by Gasteiger charge is 2.19. The summed E-state index contributed by atoms with van der Waals surface area (Å²) in [6.45, 7) is 2.03. The molecule has 1 N–H and O–H groups in total. The van der Waals surface area contributed by atoms with Gasteiger partial charge in [0.15, 0.2) is 0 Å². The van der Waals surface area contributed by atoms with Crippen molar-refractivity contribution in [1.82, 2.24) is 5.32 Å². The highest BCUT2D eigenvalue weighted by molar-refractivity contribution is 9.10. The van der Waals surface area contributed by atoms with Crippen LogP contribution in [0.3, 0.4) is 0 Å². The van der Waals surface area contributed by atoms with Crippen LogP contribution in [0.15, 0.2) is 46.9 Å². The van der Waals surface area contributed by atoms with Gasteiger partial charge < -0.3 is 5.32 Å². The third-order valence-electron chi connectivity index (χ3n) is 3.56. The largest absolute Gasteiger partial charge is 0.313 e. The SMILES string of the molecule is CNC(Cc1ccccc1[N+](=O)[O-])c1cccc(C)c1Br. The van der Waals surface area contributed by atoms with E-state index in [4.69, 9.17) is 0 Å². The Morgan fingerprint density at radius 2 is 1.95 bits per heavy atom. The summed E-state index contributed by atoms with van der Waals surface area (Å²) in [6.07, 6.45) is 0.565. The summed E-state index contributed by atoms with van der Waals surface area (Å²) >= 11 is 3.61. The fourth-order valence-corrected chi connectivity index (χ4v) is 2.93. The van der Waals surface area contributed by atoms with Gasteiger partial charge in [0, 0.05) is 22.1 Å². The van der Waals surface area contributed by atoms with Gasteiger partial charge in [0.1, 0.15) is 0 Å². The molecule has 21 heavy (non-hydrogen) atoms. The van der Waals surface area contributed by atoms with Crippen molar-refractivity contribution in [3.8, 4) is 0 Å². The van der Waals surface area contributed by atoms with Gasteiger partial charge in [-0.2, -0.15) is 0 Å². The second-order valence-corrected chi connectivity index (χ2v) is 5.70. The number of halogens is 1. The normalized spacial score (nSPS) is 12.1. The van der Waals surface area contributed by atoms with Crippen LogP contribution < -0.4 is 5.32 Å². The van der Waals surface area contributed by atoms with Gasteiger partial charge in [-0.1, -0.05) is 52.3 Å². The third kappa shape index (κ3) is 3.49. The Morgan fingerprint density at radius 3 is 2.62 bits per heavy atom. The number of hydrogen-bond donors (Lipinski definition) is 1. The van der Waals surface area contributed by atoms with Crippen molar-refractivity contribution in [2.24, 2.45) is 0 Å². The summed E-state index contributed by atoms with van der Waals surface area (Å²) in [5.41, 5.74) is 3.16. The Kier molecular flexibility index (Phi) is 5.09. The highest BCUT2D eigenvalue weighted by Crippen LogP contribution is 2.30. The zero-order valence-corrected chi connectivity index (χ0v) is 13.6. The third-order valence-corrected chi connectivity index (χ3v) is 4.64. The van der Waals surface area contributed by atoms with Crippen LogP contribution in [0.4, 0.5) is 5.69 Å². The van der Waals surface area contributed by atoms with Crippen molar-refractivity contribution in [3.05, 3.63) is 73.7 Å². The second-order valence-electron chi connectivity index (χ2n) is 4.91. The molecule has 0 aliphatic rings. The molecule has 0 radical (unpaired) electrons. The minimum absolute atomic E-state index is 0.0142. The summed E-state index contributed by atoms with van der Waals surface area (Å²) in [6, 6.07) is 13.0. The lowest BCUT2D eigenvalue weighted by atomic mass is 9.97. The van der Waals surface area contributed by atoms with E-state index in [0.29, 0.717) is 6.42 Å². The summed E-state index contributed by atoms with van der Waals surface area (Å²) in [5, 5.41) is 14.4. The van der Waals surface area contributed by atoms with Crippen molar-refractivity contribution >= 4 is 21.6 Å². The molecule has 1 unspecified atom stereocenters. The van der Waals surface area contributed by atoms with Crippen LogP contribution >= 0.6 is 15.9 Å². The Balaban J connectivity index is 2.36. The fourth-order valence-electron chi connectivity index (χ4n) is 2.39. The average molecular weight is 349 g/mol. The van der Waals surface area contributed by atoms with Crippen LogP contribution in [-0.2, 0) is 6.42 Å². The maximum Gasteiger partial charge on any atom is 0.272 e. The molecule has 2 aromatic carbocycles. The van der Waals surface area contributed by atoms with E-state index in [1.165, 1.54) is 0 Å². The molecule has 110 valence electrons. The first-order valence-electron chi connectivity index (χ1n) is 6.69. The maximum absolute atomic E-state index is 11.1. The van der Waals surface area contributed by atoms with Gasteiger partial charge in [-0.15, -0.1) is 0 Å². The first kappa shape index (κ1) is 15.7. The van der Waals surface area contributed by atoms with Crippen LogP contribution in [0.5, 0.6) is 0 Å². The fraction of sp³-hybridized carbons (Fsp3) is 0.250. The number of aryl methyl sites for hydroxylation is 1. The molecule has 1 atom stereocenters. The number of nitro groups is 1. The van der Waals surface area contributed by atoms with E-state index in [1.54, 1.807) is 12.1 Å². The number of hydrogen-bond acceptors (Lipinski definition) is 3. The molecule has 2 aromatic rings. The maximum atomic E-state index is 11.1. The lowest BCUT2D eigenvalue weighted by Crippen LogP contribution is -2.20. The van der Waals surface area contributed by atoms with Gasteiger partial charge in [0.2, 0.25) is 0 Å². The van der Waals surface area contributed by atoms with Crippen molar-refractivity contribution in [2.75, 3.05) is 7.05 Å². The van der Waals surface area contributed by atoms with E-state index in [9.17, 15) is 10.1 Å². The van der Waals surface area contributed by atoms with Gasteiger partial charge in [-0.25, -0.2) is 0 Å². The molecular formula is C16H17BrN2O2. The molecule has 0 bridgehead atoms. The summed E-state index contributed by atoms with van der Waals surface area (Å²) in [4.78, 5) is 10.8. The molecule has 0 saturated heterocycles. The van der Waals surface area contributed by atoms with Gasteiger partial charge in [0.25, 0.3) is 5.69 Å². The van der Waals surface area contributed by atoms with Crippen molar-refractivity contribution < 1.29 is 4.92 Å². The van der Waals surface area contributed by atoms with E-state index in [-0.39, 0.29) is 16.7 Å². The molecule has 0 heterocycles. The van der Waals surface area contributed by atoms with Gasteiger partial charge in [-0.05, 0) is 31.5 Å². The van der Waals surface area contributed by atoms with Crippen LogP contribution in [0, 0.1) is 17.0 Å². The van der Waals surface area contributed by atoms with Crippen LogP contribution in [-0.4, -0.2) is 12.0 Å². The molecule has 5 heteroatoms. The standard InChI is InChI=1S/C16H17BrN2O2/c1-11-6-5-8-13(16(11)17)14(18-2)10-12-7-3-4-9-15(12)19(20)21/h3-9,14,18H,10H2,1-2H3. The molecule has 0 aliphatic heterocycles. The number of nitro benzene ring substituents is 1. The highest BCUT2D eigenvalue weighted by atomic mass is 79.9. The molecule has 0 fully saturated rings. The van der Waals surface area contributed by atoms with E-state index in [2.05, 4.69) is 21.2 Å². The molecule has 2 rings (SSSR count). The quantitative estimate of drug-likeness (QED) is 0.651. The average Bonchev–Trinajstić information content (AvgIpc) is 2.48. The Labute approximate surface area is 132 Å². The molecule has 0 spiro atoms. The number of benzene rings is 2. The van der Waals surface area contributed by atoms with Crippen molar-refractivity contribution in [1.29, 1.82) is 0 Å².